The first-order chi connectivity index (χ1) is 10.4. The maximum atomic E-state index is 5.60. The molecule has 0 saturated carbocycles. The second-order valence-corrected chi connectivity index (χ2v) is 6.83. The highest BCUT2D eigenvalue weighted by atomic mass is 32.2. The van der Waals surface area contributed by atoms with E-state index in [0.29, 0.717) is 22.7 Å². The van der Waals surface area contributed by atoms with Crippen LogP contribution in [0.2, 0.25) is 0 Å². The molecule has 4 atom stereocenters. The quantitative estimate of drug-likeness (QED) is 0.754. The standard InChI is InChI=1S/C18H18O2S/c1-3-7-13(8-4-1)17(15-11-19-15)21-18(16-12-20-16)14-9-5-2-6-10-14/h1-10,15-18H,11-12H2. The minimum atomic E-state index is 0.349. The van der Waals surface area contributed by atoms with Gasteiger partial charge in [0.1, 0.15) is 0 Å². The topological polar surface area (TPSA) is 25.1 Å². The van der Waals surface area contributed by atoms with Crippen LogP contribution in [-0.4, -0.2) is 25.4 Å². The molecule has 2 aromatic carbocycles. The van der Waals surface area contributed by atoms with Gasteiger partial charge in [0.05, 0.1) is 35.9 Å². The third-order valence-electron chi connectivity index (χ3n) is 3.94. The summed E-state index contributed by atoms with van der Waals surface area (Å²) in [4.78, 5) is 0. The van der Waals surface area contributed by atoms with Gasteiger partial charge in [0.15, 0.2) is 0 Å². The molecule has 2 saturated heterocycles. The van der Waals surface area contributed by atoms with Crippen molar-refractivity contribution in [3.8, 4) is 0 Å². The summed E-state index contributed by atoms with van der Waals surface area (Å²) in [6, 6.07) is 21.4. The molecule has 2 fully saturated rings. The number of epoxide rings is 2. The highest BCUT2D eigenvalue weighted by Gasteiger charge is 2.41. The normalized spacial score (nSPS) is 26.1. The smallest absolute Gasteiger partial charge is 0.0969 e. The van der Waals surface area contributed by atoms with Gasteiger partial charge in [-0.25, -0.2) is 0 Å². The second-order valence-electron chi connectivity index (χ2n) is 5.54. The molecule has 0 spiro atoms. The molecule has 0 radical (unpaired) electrons. The summed E-state index contributed by atoms with van der Waals surface area (Å²) in [5.74, 6) is 0. The van der Waals surface area contributed by atoms with Crippen LogP contribution in [0.3, 0.4) is 0 Å². The number of hydrogen-bond donors (Lipinski definition) is 0. The maximum Gasteiger partial charge on any atom is 0.0969 e. The number of thioether (sulfide) groups is 1. The summed E-state index contributed by atoms with van der Waals surface area (Å²) in [5, 5.41) is 0.779. The Hall–Kier alpha value is -1.29. The molecule has 4 rings (SSSR count). The summed E-state index contributed by atoms with van der Waals surface area (Å²) >= 11 is 1.99. The van der Waals surface area contributed by atoms with Crippen molar-refractivity contribution in [3.05, 3.63) is 71.8 Å². The van der Waals surface area contributed by atoms with E-state index in [1.807, 2.05) is 11.8 Å². The van der Waals surface area contributed by atoms with E-state index in [1.54, 1.807) is 0 Å². The molecule has 2 aromatic rings. The molecule has 2 nitrogen and oxygen atoms in total. The van der Waals surface area contributed by atoms with Gasteiger partial charge < -0.3 is 9.47 Å². The van der Waals surface area contributed by atoms with Crippen LogP contribution in [0.25, 0.3) is 0 Å². The second kappa shape index (κ2) is 5.84. The van der Waals surface area contributed by atoms with Crippen LogP contribution in [0, 0.1) is 0 Å². The van der Waals surface area contributed by atoms with E-state index in [9.17, 15) is 0 Å². The molecule has 108 valence electrons. The number of rotatable bonds is 6. The van der Waals surface area contributed by atoms with E-state index in [2.05, 4.69) is 60.7 Å². The van der Waals surface area contributed by atoms with Crippen molar-refractivity contribution in [3.63, 3.8) is 0 Å². The van der Waals surface area contributed by atoms with Crippen molar-refractivity contribution in [1.29, 1.82) is 0 Å². The summed E-state index contributed by atoms with van der Waals surface area (Å²) in [6.45, 7) is 1.75. The van der Waals surface area contributed by atoms with Crippen LogP contribution in [-0.2, 0) is 9.47 Å². The molecule has 2 aliphatic heterocycles. The lowest BCUT2D eigenvalue weighted by molar-refractivity contribution is 0.397. The Labute approximate surface area is 129 Å². The Kier molecular flexibility index (Phi) is 3.72. The first-order valence-electron chi connectivity index (χ1n) is 7.40. The Morgan fingerprint density at radius 2 is 1.10 bits per heavy atom. The zero-order valence-electron chi connectivity index (χ0n) is 11.7. The summed E-state index contributed by atoms with van der Waals surface area (Å²) in [6.07, 6.45) is 0.699. The fourth-order valence-electron chi connectivity index (χ4n) is 2.67. The van der Waals surface area contributed by atoms with Gasteiger partial charge in [0.2, 0.25) is 0 Å². The monoisotopic (exact) mass is 298 g/mol. The van der Waals surface area contributed by atoms with Crippen molar-refractivity contribution < 1.29 is 9.47 Å². The lowest BCUT2D eigenvalue weighted by Gasteiger charge is -2.22. The van der Waals surface area contributed by atoms with Crippen LogP contribution >= 0.6 is 11.8 Å². The first-order valence-corrected chi connectivity index (χ1v) is 8.34. The predicted octanol–water partition coefficient (Wildman–Crippen LogP) is 4.00. The molecule has 0 bridgehead atoms. The average molecular weight is 298 g/mol. The number of hydrogen-bond acceptors (Lipinski definition) is 3. The van der Waals surface area contributed by atoms with Crippen molar-refractivity contribution >= 4 is 11.8 Å². The zero-order chi connectivity index (χ0) is 14.1. The lowest BCUT2D eigenvalue weighted by atomic mass is 10.1. The van der Waals surface area contributed by atoms with Gasteiger partial charge in [-0.05, 0) is 11.1 Å². The molecule has 0 aromatic heterocycles. The number of benzene rings is 2. The van der Waals surface area contributed by atoms with E-state index in [0.717, 1.165) is 13.2 Å². The molecule has 2 aliphatic rings. The third-order valence-corrected chi connectivity index (χ3v) is 5.68. The minimum absolute atomic E-state index is 0.349. The average Bonchev–Trinajstić information content (AvgIpc) is 3.43. The van der Waals surface area contributed by atoms with Crippen LogP contribution < -0.4 is 0 Å². The van der Waals surface area contributed by atoms with E-state index in [4.69, 9.17) is 9.47 Å². The largest absolute Gasteiger partial charge is 0.372 e. The Morgan fingerprint density at radius 3 is 1.43 bits per heavy atom. The molecule has 0 aliphatic carbocycles. The molecule has 21 heavy (non-hydrogen) atoms. The highest BCUT2D eigenvalue weighted by molar-refractivity contribution is 7.99. The van der Waals surface area contributed by atoms with Crippen LogP contribution in [0.1, 0.15) is 21.6 Å². The molecule has 0 amide bonds. The van der Waals surface area contributed by atoms with E-state index >= 15 is 0 Å². The fraction of sp³-hybridized carbons (Fsp3) is 0.333. The SMILES string of the molecule is c1ccc(C(SC(c2ccccc2)C2CO2)C2CO2)cc1. The third kappa shape index (κ3) is 3.15. The minimum Gasteiger partial charge on any atom is -0.372 e. The zero-order valence-corrected chi connectivity index (χ0v) is 12.5. The van der Waals surface area contributed by atoms with Gasteiger partial charge in [0.25, 0.3) is 0 Å². The lowest BCUT2D eigenvalue weighted by Crippen LogP contribution is -2.09. The van der Waals surface area contributed by atoms with Crippen molar-refractivity contribution in [2.24, 2.45) is 0 Å². The molecule has 0 N–H and O–H groups in total. The molecule has 4 unspecified atom stereocenters. The fourth-order valence-corrected chi connectivity index (χ4v) is 4.28. The van der Waals surface area contributed by atoms with Crippen molar-refractivity contribution in [1.82, 2.24) is 0 Å². The molecular formula is C18H18O2S. The van der Waals surface area contributed by atoms with Gasteiger partial charge in [-0.2, -0.15) is 0 Å². The van der Waals surface area contributed by atoms with Gasteiger partial charge >= 0.3 is 0 Å². The Bertz CT molecular complexity index is 525. The summed E-state index contributed by atoms with van der Waals surface area (Å²) in [7, 11) is 0. The van der Waals surface area contributed by atoms with Gasteiger partial charge in [-0.3, -0.25) is 0 Å². The van der Waals surface area contributed by atoms with Gasteiger partial charge in [-0.1, -0.05) is 60.7 Å². The predicted molar refractivity (Wildman–Crippen MR) is 85.4 cm³/mol. The summed E-state index contributed by atoms with van der Waals surface area (Å²) in [5.41, 5.74) is 2.71. The van der Waals surface area contributed by atoms with Crippen LogP contribution in [0.5, 0.6) is 0 Å². The van der Waals surface area contributed by atoms with E-state index in [1.165, 1.54) is 11.1 Å². The molecular weight excluding hydrogens is 280 g/mol. The number of ether oxygens (including phenoxy) is 2. The first kappa shape index (κ1) is 13.4. The van der Waals surface area contributed by atoms with Gasteiger partial charge in [0, 0.05) is 0 Å². The highest BCUT2D eigenvalue weighted by Crippen LogP contribution is 2.50. The van der Waals surface area contributed by atoms with E-state index < -0.39 is 0 Å². The summed E-state index contributed by atoms with van der Waals surface area (Å²) < 4.78 is 11.2. The van der Waals surface area contributed by atoms with Crippen LogP contribution in [0.4, 0.5) is 0 Å². The van der Waals surface area contributed by atoms with Gasteiger partial charge in [-0.15, -0.1) is 11.8 Å². The maximum absolute atomic E-state index is 5.60. The molecule has 2 heterocycles. The van der Waals surface area contributed by atoms with Crippen molar-refractivity contribution in [2.45, 2.75) is 22.7 Å². The Balaban J connectivity index is 1.58. The van der Waals surface area contributed by atoms with Crippen LogP contribution in [0.15, 0.2) is 60.7 Å². The van der Waals surface area contributed by atoms with E-state index in [-0.39, 0.29) is 0 Å². The van der Waals surface area contributed by atoms with Crippen molar-refractivity contribution in [2.75, 3.05) is 13.2 Å². The molecule has 3 heteroatoms. The Morgan fingerprint density at radius 1 is 0.714 bits per heavy atom.